The summed E-state index contributed by atoms with van der Waals surface area (Å²) in [6, 6.07) is 6.59. The van der Waals surface area contributed by atoms with Gasteiger partial charge in [0.15, 0.2) is 11.5 Å². The molecule has 1 unspecified atom stereocenters. The Labute approximate surface area is 115 Å². The van der Waals surface area contributed by atoms with Gasteiger partial charge in [-0.1, -0.05) is 6.07 Å². The Bertz CT molecular complexity index is 389. The minimum Gasteiger partial charge on any atom is -0.493 e. The van der Waals surface area contributed by atoms with Gasteiger partial charge in [0.1, 0.15) is 0 Å². The number of benzene rings is 1. The van der Waals surface area contributed by atoms with E-state index in [2.05, 4.69) is 11.4 Å². The fourth-order valence-electron chi connectivity index (χ4n) is 2.36. The van der Waals surface area contributed by atoms with Gasteiger partial charge in [-0.2, -0.15) is 0 Å². The Morgan fingerprint density at radius 2 is 2.11 bits per heavy atom. The van der Waals surface area contributed by atoms with Gasteiger partial charge >= 0.3 is 0 Å². The molecule has 4 nitrogen and oxygen atoms in total. The van der Waals surface area contributed by atoms with Gasteiger partial charge < -0.3 is 19.5 Å². The summed E-state index contributed by atoms with van der Waals surface area (Å²) < 4.78 is 16.0. The van der Waals surface area contributed by atoms with Crippen LogP contribution >= 0.6 is 0 Å². The summed E-state index contributed by atoms with van der Waals surface area (Å²) in [7, 11) is 3.32. The van der Waals surface area contributed by atoms with Gasteiger partial charge in [0.2, 0.25) is 0 Å². The van der Waals surface area contributed by atoms with Gasteiger partial charge in [-0.05, 0) is 43.5 Å². The molecule has 1 aromatic rings. The average Bonchev–Trinajstić information content (AvgIpc) is 2.48. The van der Waals surface area contributed by atoms with Crippen molar-refractivity contribution in [1.82, 2.24) is 5.32 Å². The van der Waals surface area contributed by atoms with Crippen LogP contribution in [0.5, 0.6) is 11.5 Å². The van der Waals surface area contributed by atoms with E-state index in [0.717, 1.165) is 44.1 Å². The number of nitrogens with one attached hydrogen (secondary N) is 1. The van der Waals surface area contributed by atoms with Crippen molar-refractivity contribution in [2.24, 2.45) is 0 Å². The first kappa shape index (κ1) is 14.2. The Morgan fingerprint density at radius 3 is 2.79 bits per heavy atom. The summed E-state index contributed by atoms with van der Waals surface area (Å²) in [6.45, 7) is 2.71. The van der Waals surface area contributed by atoms with Crippen LogP contribution in [-0.4, -0.2) is 40.0 Å². The third-order valence-electron chi connectivity index (χ3n) is 3.45. The van der Waals surface area contributed by atoms with E-state index in [1.807, 2.05) is 12.1 Å². The highest BCUT2D eigenvalue weighted by molar-refractivity contribution is 5.42. The van der Waals surface area contributed by atoms with E-state index >= 15 is 0 Å². The third kappa shape index (κ3) is 4.11. The predicted molar refractivity (Wildman–Crippen MR) is 75.1 cm³/mol. The van der Waals surface area contributed by atoms with Crippen LogP contribution in [0.3, 0.4) is 0 Å². The number of methoxy groups -OCH3 is 2. The van der Waals surface area contributed by atoms with Gasteiger partial charge in [0, 0.05) is 12.6 Å². The molecular weight excluding hydrogens is 242 g/mol. The number of hydrogen-bond donors (Lipinski definition) is 1. The molecule has 19 heavy (non-hydrogen) atoms. The first-order valence-electron chi connectivity index (χ1n) is 6.85. The largest absolute Gasteiger partial charge is 0.493 e. The molecule has 2 rings (SSSR count). The lowest BCUT2D eigenvalue weighted by molar-refractivity contribution is 0.0707. The summed E-state index contributed by atoms with van der Waals surface area (Å²) in [4.78, 5) is 0. The van der Waals surface area contributed by atoms with Crippen molar-refractivity contribution in [2.45, 2.75) is 25.3 Å². The summed E-state index contributed by atoms with van der Waals surface area (Å²) in [5, 5.41) is 3.54. The fraction of sp³-hybridized carbons (Fsp3) is 0.600. The first-order valence-corrected chi connectivity index (χ1v) is 6.85. The molecule has 106 valence electrons. The summed E-state index contributed by atoms with van der Waals surface area (Å²) >= 11 is 0. The van der Waals surface area contributed by atoms with Crippen LogP contribution in [0.1, 0.15) is 18.4 Å². The van der Waals surface area contributed by atoms with Gasteiger partial charge in [-0.3, -0.25) is 0 Å². The molecule has 4 heteroatoms. The first-order chi connectivity index (χ1) is 9.33. The van der Waals surface area contributed by atoms with E-state index in [-0.39, 0.29) is 0 Å². The van der Waals surface area contributed by atoms with Crippen molar-refractivity contribution in [2.75, 3.05) is 34.0 Å². The third-order valence-corrected chi connectivity index (χ3v) is 3.45. The van der Waals surface area contributed by atoms with Crippen molar-refractivity contribution in [3.05, 3.63) is 23.8 Å². The van der Waals surface area contributed by atoms with Crippen LogP contribution < -0.4 is 14.8 Å². The van der Waals surface area contributed by atoms with E-state index in [1.54, 1.807) is 14.2 Å². The molecule has 1 heterocycles. The zero-order chi connectivity index (χ0) is 13.5. The van der Waals surface area contributed by atoms with Gasteiger partial charge in [0.25, 0.3) is 0 Å². The minimum atomic E-state index is 0.508. The molecule has 0 aromatic heterocycles. The molecule has 0 saturated carbocycles. The molecule has 1 N–H and O–H groups in total. The highest BCUT2D eigenvalue weighted by atomic mass is 16.5. The SMILES string of the molecule is COc1ccc(CCNC2CCCOC2)cc1OC. The van der Waals surface area contributed by atoms with Crippen LogP contribution in [0, 0.1) is 0 Å². The molecule has 1 fully saturated rings. The molecule has 0 amide bonds. The molecule has 1 saturated heterocycles. The average molecular weight is 265 g/mol. The van der Waals surface area contributed by atoms with Gasteiger partial charge in [-0.25, -0.2) is 0 Å². The Hall–Kier alpha value is -1.26. The monoisotopic (exact) mass is 265 g/mol. The van der Waals surface area contributed by atoms with Crippen LogP contribution in [0.4, 0.5) is 0 Å². The van der Waals surface area contributed by atoms with Crippen LogP contribution in [0.15, 0.2) is 18.2 Å². The maximum atomic E-state index is 5.45. The number of hydrogen-bond acceptors (Lipinski definition) is 4. The van der Waals surface area contributed by atoms with Crippen molar-refractivity contribution >= 4 is 0 Å². The standard InChI is InChI=1S/C15H23NO3/c1-17-14-6-5-12(10-15(14)18-2)7-8-16-13-4-3-9-19-11-13/h5-6,10,13,16H,3-4,7-9,11H2,1-2H3. The molecule has 0 bridgehead atoms. The second-order valence-electron chi connectivity index (χ2n) is 4.81. The fourth-order valence-corrected chi connectivity index (χ4v) is 2.36. The molecule has 0 spiro atoms. The highest BCUT2D eigenvalue weighted by Crippen LogP contribution is 2.27. The van der Waals surface area contributed by atoms with Crippen LogP contribution in [0.2, 0.25) is 0 Å². The van der Waals surface area contributed by atoms with Gasteiger partial charge in [0.05, 0.1) is 20.8 Å². The Balaban J connectivity index is 1.81. The van der Waals surface area contributed by atoms with Gasteiger partial charge in [-0.15, -0.1) is 0 Å². The highest BCUT2D eigenvalue weighted by Gasteiger charge is 2.12. The van der Waals surface area contributed by atoms with Crippen molar-refractivity contribution in [1.29, 1.82) is 0 Å². The molecule has 1 aromatic carbocycles. The van der Waals surface area contributed by atoms with E-state index in [9.17, 15) is 0 Å². The van der Waals surface area contributed by atoms with E-state index in [1.165, 1.54) is 12.0 Å². The molecule has 1 aliphatic rings. The Kier molecular flexibility index (Phi) is 5.48. The zero-order valence-corrected chi connectivity index (χ0v) is 11.8. The van der Waals surface area contributed by atoms with Crippen molar-refractivity contribution < 1.29 is 14.2 Å². The smallest absolute Gasteiger partial charge is 0.160 e. The predicted octanol–water partition coefficient (Wildman–Crippen LogP) is 2.01. The normalized spacial score (nSPS) is 19.2. The van der Waals surface area contributed by atoms with Crippen molar-refractivity contribution in [3.8, 4) is 11.5 Å². The topological polar surface area (TPSA) is 39.7 Å². The maximum absolute atomic E-state index is 5.45. The minimum absolute atomic E-state index is 0.508. The molecule has 1 atom stereocenters. The summed E-state index contributed by atoms with van der Waals surface area (Å²) in [5.74, 6) is 1.57. The van der Waals surface area contributed by atoms with Crippen molar-refractivity contribution in [3.63, 3.8) is 0 Å². The lowest BCUT2D eigenvalue weighted by Crippen LogP contribution is -2.37. The summed E-state index contributed by atoms with van der Waals surface area (Å²) in [6.07, 6.45) is 3.36. The molecule has 0 aliphatic carbocycles. The van der Waals surface area contributed by atoms with E-state index in [0.29, 0.717) is 6.04 Å². The zero-order valence-electron chi connectivity index (χ0n) is 11.8. The Morgan fingerprint density at radius 1 is 1.26 bits per heavy atom. The number of ether oxygens (including phenoxy) is 3. The van der Waals surface area contributed by atoms with E-state index in [4.69, 9.17) is 14.2 Å². The molecular formula is C15H23NO3. The quantitative estimate of drug-likeness (QED) is 0.854. The molecule has 1 aliphatic heterocycles. The molecule has 0 radical (unpaired) electrons. The lowest BCUT2D eigenvalue weighted by atomic mass is 10.1. The van der Waals surface area contributed by atoms with Crippen LogP contribution in [0.25, 0.3) is 0 Å². The lowest BCUT2D eigenvalue weighted by Gasteiger charge is -2.23. The maximum Gasteiger partial charge on any atom is 0.160 e. The number of rotatable bonds is 6. The summed E-state index contributed by atoms with van der Waals surface area (Å²) in [5.41, 5.74) is 1.25. The van der Waals surface area contributed by atoms with E-state index < -0.39 is 0 Å². The van der Waals surface area contributed by atoms with Crippen LogP contribution in [-0.2, 0) is 11.2 Å². The second-order valence-corrected chi connectivity index (χ2v) is 4.81. The second kappa shape index (κ2) is 7.36.